The Bertz CT molecular complexity index is 319. The maximum Gasteiger partial charge on any atom is 0.0213 e. The summed E-state index contributed by atoms with van der Waals surface area (Å²) in [6, 6.07) is 9.28. The molecule has 2 nitrogen and oxygen atoms in total. The van der Waals surface area contributed by atoms with Crippen molar-refractivity contribution in [1.29, 1.82) is 0 Å². The smallest absolute Gasteiger partial charge is 0.0213 e. The molecule has 0 bridgehead atoms. The summed E-state index contributed by atoms with van der Waals surface area (Å²) in [6.07, 6.45) is 10.1. The van der Waals surface area contributed by atoms with Crippen molar-refractivity contribution in [2.75, 3.05) is 0 Å². The van der Waals surface area contributed by atoms with E-state index in [1.165, 1.54) is 49.7 Å². The normalized spacial score (nSPS) is 12.6. The minimum atomic E-state index is 0.461. The highest BCUT2D eigenvalue weighted by Gasteiger charge is 2.06. The predicted molar refractivity (Wildman–Crippen MR) is 84.0 cm³/mol. The van der Waals surface area contributed by atoms with Crippen LogP contribution in [0.15, 0.2) is 24.3 Å². The van der Waals surface area contributed by atoms with Gasteiger partial charge < -0.3 is 0 Å². The van der Waals surface area contributed by atoms with Crippen molar-refractivity contribution in [3.63, 3.8) is 0 Å². The van der Waals surface area contributed by atoms with Crippen molar-refractivity contribution in [1.82, 2.24) is 5.43 Å². The average Bonchev–Trinajstić information content (AvgIpc) is 2.44. The van der Waals surface area contributed by atoms with Gasteiger partial charge in [0.15, 0.2) is 0 Å². The Morgan fingerprint density at radius 2 is 1.68 bits per heavy atom. The van der Waals surface area contributed by atoms with Crippen LogP contribution in [0.5, 0.6) is 0 Å². The third kappa shape index (κ3) is 7.34. The summed E-state index contributed by atoms with van der Waals surface area (Å²) < 4.78 is 0. The molecule has 2 heteroatoms. The van der Waals surface area contributed by atoms with E-state index in [1.807, 2.05) is 0 Å². The molecule has 0 aromatic heterocycles. The molecule has 1 atom stereocenters. The zero-order valence-electron chi connectivity index (χ0n) is 12.6. The first-order chi connectivity index (χ1) is 9.26. The van der Waals surface area contributed by atoms with Crippen LogP contribution < -0.4 is 11.3 Å². The molecule has 1 rings (SSSR count). The zero-order chi connectivity index (χ0) is 13.9. The van der Waals surface area contributed by atoms with E-state index in [9.17, 15) is 0 Å². The number of hydrazine groups is 1. The minimum Gasteiger partial charge on any atom is -0.271 e. The van der Waals surface area contributed by atoms with Crippen LogP contribution in [0.2, 0.25) is 0 Å². The molecular weight excluding hydrogens is 232 g/mol. The molecule has 108 valence electrons. The van der Waals surface area contributed by atoms with E-state index >= 15 is 0 Å². The lowest BCUT2D eigenvalue weighted by Crippen LogP contribution is -2.35. The summed E-state index contributed by atoms with van der Waals surface area (Å²) in [7, 11) is 0. The number of nitrogens with two attached hydrogens (primary N) is 1. The summed E-state index contributed by atoms with van der Waals surface area (Å²) in [6.45, 7) is 4.39. The highest BCUT2D eigenvalue weighted by molar-refractivity contribution is 5.21. The highest BCUT2D eigenvalue weighted by atomic mass is 15.2. The van der Waals surface area contributed by atoms with Crippen molar-refractivity contribution < 1.29 is 0 Å². The Morgan fingerprint density at radius 1 is 1.00 bits per heavy atom. The zero-order valence-corrected chi connectivity index (χ0v) is 12.6. The second kappa shape index (κ2) is 9.99. The SMILES string of the molecule is CCCCCCCC(CCc1ccc(C)cc1)NN. The number of hydrogen-bond donors (Lipinski definition) is 2. The predicted octanol–water partition coefficient (Wildman–Crippen LogP) is 4.12. The van der Waals surface area contributed by atoms with Crippen LogP contribution in [0.1, 0.15) is 63.0 Å². The van der Waals surface area contributed by atoms with Crippen LogP contribution in [0.25, 0.3) is 0 Å². The number of nitrogens with one attached hydrogen (secondary N) is 1. The van der Waals surface area contributed by atoms with Gasteiger partial charge in [0.25, 0.3) is 0 Å². The first-order valence-corrected chi connectivity index (χ1v) is 7.78. The van der Waals surface area contributed by atoms with Gasteiger partial charge in [-0.3, -0.25) is 11.3 Å². The lowest BCUT2D eigenvalue weighted by Gasteiger charge is -2.15. The second-order valence-electron chi connectivity index (χ2n) is 5.59. The van der Waals surface area contributed by atoms with Crippen LogP contribution in [0, 0.1) is 6.92 Å². The maximum atomic E-state index is 5.65. The molecule has 0 saturated carbocycles. The van der Waals surface area contributed by atoms with E-state index in [0.29, 0.717) is 6.04 Å². The van der Waals surface area contributed by atoms with Crippen LogP contribution in [-0.4, -0.2) is 6.04 Å². The third-order valence-corrected chi connectivity index (χ3v) is 3.79. The largest absolute Gasteiger partial charge is 0.271 e. The molecule has 1 aromatic rings. The van der Waals surface area contributed by atoms with Crippen LogP contribution >= 0.6 is 0 Å². The van der Waals surface area contributed by atoms with Crippen molar-refractivity contribution in [2.24, 2.45) is 5.84 Å². The molecule has 0 radical (unpaired) electrons. The van der Waals surface area contributed by atoms with Crippen molar-refractivity contribution in [2.45, 2.75) is 71.3 Å². The fraction of sp³-hybridized carbons (Fsp3) is 0.647. The van der Waals surface area contributed by atoms with E-state index in [1.54, 1.807) is 0 Å². The summed E-state index contributed by atoms with van der Waals surface area (Å²) in [5, 5.41) is 0. The summed E-state index contributed by atoms with van der Waals surface area (Å²) in [5.41, 5.74) is 5.72. The minimum absolute atomic E-state index is 0.461. The van der Waals surface area contributed by atoms with Crippen LogP contribution in [0.4, 0.5) is 0 Å². The Kier molecular flexibility index (Phi) is 8.52. The number of unbranched alkanes of at least 4 members (excludes halogenated alkanes) is 4. The number of benzene rings is 1. The summed E-state index contributed by atoms with van der Waals surface area (Å²) in [4.78, 5) is 0. The van der Waals surface area contributed by atoms with Gasteiger partial charge in [-0.15, -0.1) is 0 Å². The Hall–Kier alpha value is -0.860. The average molecular weight is 262 g/mol. The molecule has 1 unspecified atom stereocenters. The second-order valence-corrected chi connectivity index (χ2v) is 5.59. The first-order valence-electron chi connectivity index (χ1n) is 7.78. The molecule has 0 fully saturated rings. The first kappa shape index (κ1) is 16.2. The molecule has 19 heavy (non-hydrogen) atoms. The molecule has 3 N–H and O–H groups in total. The molecule has 0 aliphatic carbocycles. The maximum absolute atomic E-state index is 5.65. The van der Waals surface area contributed by atoms with Gasteiger partial charge in [-0.1, -0.05) is 68.9 Å². The topological polar surface area (TPSA) is 38.0 Å². The number of hydrogen-bond acceptors (Lipinski definition) is 2. The van der Waals surface area contributed by atoms with E-state index in [2.05, 4.69) is 43.5 Å². The van der Waals surface area contributed by atoms with Crippen molar-refractivity contribution in [3.8, 4) is 0 Å². The van der Waals surface area contributed by atoms with Gasteiger partial charge in [0, 0.05) is 6.04 Å². The monoisotopic (exact) mass is 262 g/mol. The lowest BCUT2D eigenvalue weighted by molar-refractivity contribution is 0.439. The molecule has 0 aliphatic heterocycles. The summed E-state index contributed by atoms with van der Waals surface area (Å²) in [5.74, 6) is 5.65. The Balaban J connectivity index is 2.19. The fourth-order valence-electron chi connectivity index (χ4n) is 2.40. The molecule has 0 aliphatic rings. The quantitative estimate of drug-likeness (QED) is 0.378. The summed E-state index contributed by atoms with van der Waals surface area (Å²) >= 11 is 0. The fourth-order valence-corrected chi connectivity index (χ4v) is 2.40. The van der Waals surface area contributed by atoms with Crippen molar-refractivity contribution >= 4 is 0 Å². The molecule has 0 amide bonds. The number of rotatable bonds is 10. The van der Waals surface area contributed by atoms with Gasteiger partial charge in [-0.25, -0.2) is 0 Å². The van der Waals surface area contributed by atoms with E-state index in [0.717, 1.165) is 12.8 Å². The standard InChI is InChI=1S/C17H30N2/c1-3-4-5-6-7-8-17(19-18)14-13-16-11-9-15(2)10-12-16/h9-12,17,19H,3-8,13-14,18H2,1-2H3. The molecule has 1 aromatic carbocycles. The van der Waals surface area contributed by atoms with Gasteiger partial charge in [0.05, 0.1) is 0 Å². The Morgan fingerprint density at radius 3 is 2.32 bits per heavy atom. The molecule has 0 spiro atoms. The lowest BCUT2D eigenvalue weighted by atomic mass is 10.00. The van der Waals surface area contributed by atoms with Gasteiger partial charge in [0.1, 0.15) is 0 Å². The molecule has 0 heterocycles. The molecular formula is C17H30N2. The highest BCUT2D eigenvalue weighted by Crippen LogP contribution is 2.12. The van der Waals surface area contributed by atoms with E-state index < -0.39 is 0 Å². The Labute approximate surface area is 118 Å². The third-order valence-electron chi connectivity index (χ3n) is 3.79. The van der Waals surface area contributed by atoms with Gasteiger partial charge in [-0.05, 0) is 31.7 Å². The van der Waals surface area contributed by atoms with Crippen LogP contribution in [0.3, 0.4) is 0 Å². The number of aryl methyl sites for hydroxylation is 2. The van der Waals surface area contributed by atoms with Crippen LogP contribution in [-0.2, 0) is 6.42 Å². The van der Waals surface area contributed by atoms with Gasteiger partial charge in [0.2, 0.25) is 0 Å². The molecule has 0 saturated heterocycles. The van der Waals surface area contributed by atoms with E-state index in [-0.39, 0.29) is 0 Å². The van der Waals surface area contributed by atoms with Gasteiger partial charge >= 0.3 is 0 Å². The van der Waals surface area contributed by atoms with Gasteiger partial charge in [-0.2, -0.15) is 0 Å². The van der Waals surface area contributed by atoms with Crippen molar-refractivity contribution in [3.05, 3.63) is 35.4 Å². The van der Waals surface area contributed by atoms with E-state index in [4.69, 9.17) is 5.84 Å².